The number of likely N-dealkylation sites (tertiary alicyclic amines) is 1. The molecule has 0 bridgehead atoms. The van der Waals surface area contributed by atoms with Gasteiger partial charge >= 0.3 is 6.09 Å². The second-order valence-electron chi connectivity index (χ2n) is 19.5. The topological polar surface area (TPSA) is 177 Å². The number of hydrogen-bond acceptors (Lipinski definition) is 8. The van der Waals surface area contributed by atoms with Crippen molar-refractivity contribution in [2.24, 2.45) is 34.3 Å². The van der Waals surface area contributed by atoms with Gasteiger partial charge in [0.2, 0.25) is 17.7 Å². The second-order valence-corrected chi connectivity index (χ2v) is 19.5. The maximum Gasteiger partial charge on any atom is 0.407 e. The molecule has 2 saturated heterocycles. The first kappa shape index (κ1) is 46.5. The highest BCUT2D eigenvalue weighted by Gasteiger charge is 2.57. The van der Waals surface area contributed by atoms with Crippen molar-refractivity contribution in [3.63, 3.8) is 0 Å². The molecule has 0 radical (unpaired) electrons. The lowest BCUT2D eigenvalue weighted by molar-refractivity contribution is -0.144. The zero-order valence-corrected chi connectivity index (χ0v) is 36.6. The molecule has 2 heterocycles. The summed E-state index contributed by atoms with van der Waals surface area (Å²) in [6.07, 6.45) is 6.44. The number of unbranched alkanes of at least 4 members (excludes halogenated alkanes) is 1. The van der Waals surface area contributed by atoms with E-state index < -0.39 is 35.6 Å². The summed E-state index contributed by atoms with van der Waals surface area (Å²) in [6, 6.07) is 17.4. The first-order chi connectivity index (χ1) is 28.4. The molecule has 328 valence electrons. The molecule has 0 aromatic heterocycles. The predicted molar refractivity (Wildman–Crippen MR) is 232 cm³/mol. The van der Waals surface area contributed by atoms with Gasteiger partial charge in [-0.2, -0.15) is 0 Å². The Morgan fingerprint density at radius 1 is 0.833 bits per heavy atom. The molecule has 2 aromatic rings. The van der Waals surface area contributed by atoms with Gasteiger partial charge in [-0.05, 0) is 106 Å². The monoisotopic (exact) mass is 828 g/mol. The number of amides is 4. The molecule has 1 saturated carbocycles. The van der Waals surface area contributed by atoms with E-state index in [0.717, 1.165) is 43.4 Å². The van der Waals surface area contributed by atoms with Crippen LogP contribution in [-0.4, -0.2) is 84.1 Å². The third kappa shape index (κ3) is 13.7. The third-order valence-electron chi connectivity index (χ3n) is 12.5. The lowest BCUT2D eigenvalue weighted by Crippen LogP contribution is -2.54. The van der Waals surface area contributed by atoms with Crippen LogP contribution in [0.4, 0.5) is 4.79 Å². The van der Waals surface area contributed by atoms with Crippen LogP contribution < -0.4 is 21.7 Å². The summed E-state index contributed by atoms with van der Waals surface area (Å²) in [7, 11) is 0. The van der Waals surface area contributed by atoms with Crippen molar-refractivity contribution in [2.45, 2.75) is 136 Å². The number of benzene rings is 2. The highest BCUT2D eigenvalue weighted by atomic mass is 16.6. The summed E-state index contributed by atoms with van der Waals surface area (Å²) in [4.78, 5) is 82.6. The normalized spacial score (nSPS) is 18.9. The fraction of sp³-hybridized carbons (Fsp3) is 0.625. The van der Waals surface area contributed by atoms with E-state index in [1.54, 1.807) is 20.8 Å². The summed E-state index contributed by atoms with van der Waals surface area (Å²) in [6.45, 7) is 11.7. The first-order valence-corrected chi connectivity index (χ1v) is 22.2. The number of nitrogens with two attached hydrogens (primary N) is 1. The summed E-state index contributed by atoms with van der Waals surface area (Å²) in [5.41, 5.74) is 7.82. The zero-order chi connectivity index (χ0) is 43.5. The Bertz CT molecular complexity index is 1780. The van der Waals surface area contributed by atoms with Crippen LogP contribution in [0.2, 0.25) is 0 Å². The molecule has 12 nitrogen and oxygen atoms in total. The molecule has 3 fully saturated rings. The molecule has 3 aliphatic rings. The molecule has 2 spiro atoms. The lowest BCUT2D eigenvalue weighted by Gasteiger charge is -2.57. The molecule has 5 rings (SSSR count). The largest absolute Gasteiger partial charge is 0.444 e. The highest BCUT2D eigenvalue weighted by Crippen LogP contribution is 2.62. The van der Waals surface area contributed by atoms with Crippen molar-refractivity contribution in [1.82, 2.24) is 20.9 Å². The van der Waals surface area contributed by atoms with Crippen molar-refractivity contribution in [3.05, 3.63) is 71.8 Å². The molecule has 4 amide bonds. The maximum atomic E-state index is 14.4. The Morgan fingerprint density at radius 3 is 2.00 bits per heavy atom. The number of Topliss-reactive ketones (excluding diaryl/α,β-unsaturated/α-hetero) is 2. The first-order valence-electron chi connectivity index (χ1n) is 22.2. The van der Waals surface area contributed by atoms with Gasteiger partial charge in [-0.25, -0.2) is 4.79 Å². The number of carbonyl (C=O) groups excluding carboxylic acids is 6. The van der Waals surface area contributed by atoms with Gasteiger partial charge in [0.05, 0.1) is 12.1 Å². The molecule has 2 aromatic carbocycles. The van der Waals surface area contributed by atoms with Crippen molar-refractivity contribution in [3.8, 4) is 0 Å². The van der Waals surface area contributed by atoms with Crippen LogP contribution in [0, 0.1) is 28.6 Å². The zero-order valence-electron chi connectivity index (χ0n) is 36.6. The lowest BCUT2D eigenvalue weighted by atomic mass is 9.49. The summed E-state index contributed by atoms with van der Waals surface area (Å²) in [5.74, 6) is -2.02. The quantitative estimate of drug-likeness (QED) is 0.116. The molecule has 60 heavy (non-hydrogen) atoms. The molecule has 2 aliphatic heterocycles. The molecule has 5 N–H and O–H groups in total. The highest BCUT2D eigenvalue weighted by molar-refractivity contribution is 5.95. The smallest absolute Gasteiger partial charge is 0.407 e. The maximum absolute atomic E-state index is 14.4. The van der Waals surface area contributed by atoms with Crippen molar-refractivity contribution in [1.29, 1.82) is 0 Å². The average molecular weight is 828 g/mol. The Kier molecular flexibility index (Phi) is 16.1. The standard InChI is InChI=1S/C48H69N5O7/c1-33(2)24-39(52-43(57)37(25-34-14-8-6-9-15-34)28-40(54)38(49)26-35-16-10-7-11-17-35)41(55)27-36(18-12-13-21-50-45(59)60-46(3,4)5)44(58)53-22-19-47(20-23-53)30-48(31-47)29-42(56)51-32-48/h6-11,14-17,33,36-39H,12-13,18-32,49H2,1-5H3,(H,50,59)(H,51,56)(H,52,57)/t36-,37-,38+,39+/m0/s1. The molecule has 1 aliphatic carbocycles. The molecule has 0 unspecified atom stereocenters. The van der Waals surface area contributed by atoms with E-state index in [1.165, 1.54) is 0 Å². The SMILES string of the molecule is CC(C)C[C@@H](NC(=O)[C@H](CC(=O)[C@H](N)Cc1ccccc1)Cc1ccccc1)C(=O)C[C@H](CCCCNC(=O)OC(C)(C)C)C(=O)N1CCC2(CC1)CC1(CNC(=O)C1)C2. The number of nitrogens with zero attached hydrogens (tertiary/aromatic N) is 1. The van der Waals surface area contributed by atoms with E-state index in [2.05, 4.69) is 16.0 Å². The van der Waals surface area contributed by atoms with E-state index in [4.69, 9.17) is 10.5 Å². The number of alkyl carbamates (subject to hydrolysis) is 1. The van der Waals surface area contributed by atoms with Gasteiger partial charge in [0.1, 0.15) is 5.60 Å². The number of ether oxygens (including phenoxy) is 1. The van der Waals surface area contributed by atoms with E-state index in [9.17, 15) is 28.8 Å². The average Bonchev–Trinajstić information content (AvgIpc) is 3.56. The minimum Gasteiger partial charge on any atom is -0.444 e. The Balaban J connectivity index is 1.26. The van der Waals surface area contributed by atoms with Crippen molar-refractivity contribution < 1.29 is 33.5 Å². The Hall–Kier alpha value is -4.58. The Labute approximate surface area is 356 Å². The third-order valence-corrected chi connectivity index (χ3v) is 12.5. The van der Waals surface area contributed by atoms with Gasteiger partial charge < -0.3 is 31.3 Å². The minimum absolute atomic E-state index is 0.0290. The van der Waals surface area contributed by atoms with E-state index in [-0.39, 0.29) is 58.9 Å². The van der Waals surface area contributed by atoms with Crippen molar-refractivity contribution in [2.75, 3.05) is 26.2 Å². The summed E-state index contributed by atoms with van der Waals surface area (Å²) >= 11 is 0. The van der Waals surface area contributed by atoms with Gasteiger partial charge in [0.15, 0.2) is 11.6 Å². The number of piperidine rings is 1. The van der Waals surface area contributed by atoms with E-state index in [0.29, 0.717) is 64.6 Å². The van der Waals surface area contributed by atoms with E-state index in [1.807, 2.05) is 79.4 Å². The van der Waals surface area contributed by atoms with Crippen LogP contribution in [0.5, 0.6) is 0 Å². The number of nitrogens with one attached hydrogen (secondary N) is 3. The summed E-state index contributed by atoms with van der Waals surface area (Å²) in [5, 5.41) is 8.83. The number of hydrogen-bond donors (Lipinski definition) is 4. The number of ketones is 2. The van der Waals surface area contributed by atoms with Crippen LogP contribution in [0.1, 0.15) is 116 Å². The van der Waals surface area contributed by atoms with Crippen LogP contribution in [0.15, 0.2) is 60.7 Å². The molecule has 4 atom stereocenters. The second kappa shape index (κ2) is 20.8. The Morgan fingerprint density at radius 2 is 1.43 bits per heavy atom. The summed E-state index contributed by atoms with van der Waals surface area (Å²) < 4.78 is 5.36. The molecule has 12 heteroatoms. The predicted octanol–water partition coefficient (Wildman–Crippen LogP) is 6.08. The number of carbonyl (C=O) groups is 6. The van der Waals surface area contributed by atoms with Crippen LogP contribution in [0.3, 0.4) is 0 Å². The fourth-order valence-electron chi connectivity index (χ4n) is 9.64. The van der Waals surface area contributed by atoms with E-state index >= 15 is 0 Å². The van der Waals surface area contributed by atoms with Crippen molar-refractivity contribution >= 4 is 35.4 Å². The minimum atomic E-state index is -0.841. The van der Waals surface area contributed by atoms with Gasteiger partial charge in [-0.3, -0.25) is 24.0 Å². The molecular formula is C48H69N5O7. The van der Waals surface area contributed by atoms with Crippen LogP contribution in [0.25, 0.3) is 0 Å². The van der Waals surface area contributed by atoms with Gasteiger partial charge in [-0.15, -0.1) is 0 Å². The molecular weight excluding hydrogens is 759 g/mol. The van der Waals surface area contributed by atoms with Crippen LogP contribution >= 0.6 is 0 Å². The number of rotatable bonds is 20. The van der Waals surface area contributed by atoms with Crippen LogP contribution in [-0.2, 0) is 41.6 Å². The van der Waals surface area contributed by atoms with Gasteiger partial charge in [-0.1, -0.05) is 80.9 Å². The van der Waals surface area contributed by atoms with Gasteiger partial charge in [0, 0.05) is 57.3 Å². The van der Waals surface area contributed by atoms with Gasteiger partial charge in [0.25, 0.3) is 0 Å². The fourth-order valence-corrected chi connectivity index (χ4v) is 9.64.